The van der Waals surface area contributed by atoms with E-state index in [2.05, 4.69) is 15.4 Å². The molecule has 0 bridgehead atoms. The quantitative estimate of drug-likeness (QED) is 0.457. The van der Waals surface area contributed by atoms with Crippen LogP contribution in [-0.4, -0.2) is 56.7 Å². The molecule has 0 radical (unpaired) electrons. The van der Waals surface area contributed by atoms with Crippen LogP contribution in [0.2, 0.25) is 0 Å². The van der Waals surface area contributed by atoms with Gasteiger partial charge in [0.2, 0.25) is 0 Å². The van der Waals surface area contributed by atoms with Crippen molar-refractivity contribution in [2.75, 3.05) is 14.2 Å². The molecule has 2 N–H and O–H groups in total. The molecular formula is C25H27N5O4. The molecular weight excluding hydrogens is 434 g/mol. The van der Waals surface area contributed by atoms with E-state index < -0.39 is 6.10 Å². The van der Waals surface area contributed by atoms with Crippen molar-refractivity contribution in [1.29, 1.82) is 0 Å². The van der Waals surface area contributed by atoms with Gasteiger partial charge in [0.25, 0.3) is 5.91 Å². The Bertz CT molecular complexity index is 1330. The zero-order chi connectivity index (χ0) is 23.8. The van der Waals surface area contributed by atoms with Gasteiger partial charge in [-0.3, -0.25) is 14.0 Å². The summed E-state index contributed by atoms with van der Waals surface area (Å²) >= 11 is 0. The Labute approximate surface area is 196 Å². The number of methoxy groups -OCH3 is 2. The third-order valence-corrected chi connectivity index (χ3v) is 6.38. The van der Waals surface area contributed by atoms with E-state index in [1.54, 1.807) is 23.1 Å². The highest BCUT2D eigenvalue weighted by atomic mass is 16.5. The number of imidazole rings is 1. The van der Waals surface area contributed by atoms with E-state index in [1.165, 1.54) is 14.2 Å². The fraction of sp³-hybridized carbons (Fsp3) is 0.320. The number of aliphatic hydroxyl groups excluding tert-OH is 1. The van der Waals surface area contributed by atoms with E-state index in [-0.39, 0.29) is 11.9 Å². The summed E-state index contributed by atoms with van der Waals surface area (Å²) in [5, 5.41) is 17.3. The number of ether oxygens (including phenoxy) is 2. The molecule has 1 aliphatic rings. The molecule has 9 heteroatoms. The van der Waals surface area contributed by atoms with Crippen LogP contribution in [-0.2, 0) is 7.05 Å². The third kappa shape index (κ3) is 3.88. The third-order valence-electron chi connectivity index (χ3n) is 6.38. The van der Waals surface area contributed by atoms with Crippen LogP contribution in [0.3, 0.4) is 0 Å². The maximum absolute atomic E-state index is 13.1. The van der Waals surface area contributed by atoms with Crippen molar-refractivity contribution < 1.29 is 19.4 Å². The molecule has 2 aromatic carbocycles. The number of nitrogens with zero attached hydrogens (tertiary/aromatic N) is 4. The Hall–Kier alpha value is -3.85. The van der Waals surface area contributed by atoms with Gasteiger partial charge in [0.15, 0.2) is 0 Å². The second-order valence-electron chi connectivity index (χ2n) is 8.52. The molecule has 0 spiro atoms. The normalized spacial score (nSPS) is 17.8. The molecule has 1 fully saturated rings. The minimum Gasteiger partial charge on any atom is -0.496 e. The lowest BCUT2D eigenvalue weighted by atomic mass is 10.1. The summed E-state index contributed by atoms with van der Waals surface area (Å²) in [6.07, 6.45) is 7.31. The van der Waals surface area contributed by atoms with Crippen molar-refractivity contribution >= 4 is 16.9 Å². The summed E-state index contributed by atoms with van der Waals surface area (Å²) in [5.41, 5.74) is 4.84. The fourth-order valence-corrected chi connectivity index (χ4v) is 4.58. The number of carbonyl (C=O) groups excluding carboxylic acids is 1. The maximum atomic E-state index is 13.1. The van der Waals surface area contributed by atoms with Gasteiger partial charge in [-0.25, -0.2) is 4.98 Å². The van der Waals surface area contributed by atoms with Crippen molar-refractivity contribution in [3.8, 4) is 28.3 Å². The lowest BCUT2D eigenvalue weighted by Crippen LogP contribution is -2.40. The summed E-state index contributed by atoms with van der Waals surface area (Å²) in [4.78, 5) is 17.7. The van der Waals surface area contributed by atoms with Crippen molar-refractivity contribution in [2.24, 2.45) is 7.05 Å². The van der Waals surface area contributed by atoms with Crippen LogP contribution in [0.1, 0.15) is 29.6 Å². The average molecular weight is 462 g/mol. The van der Waals surface area contributed by atoms with Crippen LogP contribution < -0.4 is 14.8 Å². The van der Waals surface area contributed by atoms with Crippen molar-refractivity contribution in [2.45, 2.75) is 31.4 Å². The van der Waals surface area contributed by atoms with Crippen LogP contribution in [0, 0.1) is 0 Å². The molecule has 1 saturated carbocycles. The number of benzene rings is 2. The van der Waals surface area contributed by atoms with E-state index in [1.807, 2.05) is 42.2 Å². The minimum absolute atomic E-state index is 0.270. The van der Waals surface area contributed by atoms with E-state index in [0.717, 1.165) is 40.7 Å². The van der Waals surface area contributed by atoms with Gasteiger partial charge in [0.1, 0.15) is 23.4 Å². The Kier molecular flexibility index (Phi) is 5.70. The topological polar surface area (TPSA) is 103 Å². The summed E-state index contributed by atoms with van der Waals surface area (Å²) in [6.45, 7) is 0. The van der Waals surface area contributed by atoms with Crippen LogP contribution in [0.15, 0.2) is 49.1 Å². The number of aryl methyl sites for hydroxylation is 1. The fourth-order valence-electron chi connectivity index (χ4n) is 4.58. The molecule has 9 nitrogen and oxygen atoms in total. The summed E-state index contributed by atoms with van der Waals surface area (Å²) in [6, 6.07) is 9.36. The highest BCUT2D eigenvalue weighted by Gasteiger charge is 2.29. The minimum atomic E-state index is -0.533. The first kappa shape index (κ1) is 22.0. The average Bonchev–Trinajstić information content (AvgIpc) is 3.57. The molecule has 0 saturated heterocycles. The van der Waals surface area contributed by atoms with Crippen LogP contribution >= 0.6 is 0 Å². The lowest BCUT2D eigenvalue weighted by Gasteiger charge is -2.20. The lowest BCUT2D eigenvalue weighted by molar-refractivity contribution is 0.0867. The first-order chi connectivity index (χ1) is 16.5. The molecule has 4 aromatic rings. The molecule has 34 heavy (non-hydrogen) atoms. The van der Waals surface area contributed by atoms with Gasteiger partial charge < -0.3 is 19.9 Å². The molecule has 1 amide bonds. The second-order valence-corrected chi connectivity index (χ2v) is 8.52. The van der Waals surface area contributed by atoms with Crippen LogP contribution in [0.25, 0.3) is 27.8 Å². The molecule has 2 atom stereocenters. The number of carbonyl (C=O) groups is 1. The number of amides is 1. The highest BCUT2D eigenvalue weighted by molar-refractivity contribution is 6.00. The Balaban J connectivity index is 1.52. The first-order valence-corrected chi connectivity index (χ1v) is 11.2. The number of aliphatic hydroxyl groups is 1. The van der Waals surface area contributed by atoms with Gasteiger partial charge >= 0.3 is 0 Å². The van der Waals surface area contributed by atoms with Crippen molar-refractivity contribution in [3.63, 3.8) is 0 Å². The van der Waals surface area contributed by atoms with Crippen molar-refractivity contribution in [3.05, 3.63) is 54.6 Å². The molecule has 5 rings (SSSR count). The SMILES string of the molecule is COc1cc(-n2cnc3cc(-c4cnn(C)c4)ccc32)cc(OC)c1C(=O)N[C@@H]1CCC[C@H]1O. The number of fused-ring (bicyclic) bond motifs is 1. The number of rotatable bonds is 6. The summed E-state index contributed by atoms with van der Waals surface area (Å²) < 4.78 is 14.9. The molecule has 1 aliphatic carbocycles. The maximum Gasteiger partial charge on any atom is 0.259 e. The summed E-state index contributed by atoms with van der Waals surface area (Å²) in [7, 11) is 4.93. The van der Waals surface area contributed by atoms with Crippen LogP contribution in [0.5, 0.6) is 11.5 Å². The van der Waals surface area contributed by atoms with Gasteiger partial charge in [-0.1, -0.05) is 6.07 Å². The molecule has 0 aliphatic heterocycles. The van der Waals surface area contributed by atoms with E-state index in [4.69, 9.17) is 9.47 Å². The van der Waals surface area contributed by atoms with E-state index in [0.29, 0.717) is 23.5 Å². The molecule has 2 aromatic heterocycles. The van der Waals surface area contributed by atoms with Gasteiger partial charge in [0, 0.05) is 30.9 Å². The number of hydrogen-bond acceptors (Lipinski definition) is 6. The van der Waals surface area contributed by atoms with E-state index >= 15 is 0 Å². The Morgan fingerprint density at radius 1 is 1.12 bits per heavy atom. The van der Waals surface area contributed by atoms with Gasteiger partial charge in [-0.15, -0.1) is 0 Å². The van der Waals surface area contributed by atoms with E-state index in [9.17, 15) is 9.90 Å². The van der Waals surface area contributed by atoms with Gasteiger partial charge in [0.05, 0.1) is 49.3 Å². The predicted octanol–water partition coefficient (Wildman–Crippen LogP) is 3.09. The molecule has 176 valence electrons. The smallest absolute Gasteiger partial charge is 0.259 e. The van der Waals surface area contributed by atoms with Gasteiger partial charge in [-0.05, 0) is 37.0 Å². The Morgan fingerprint density at radius 3 is 2.50 bits per heavy atom. The summed E-state index contributed by atoms with van der Waals surface area (Å²) in [5.74, 6) is 0.434. The van der Waals surface area contributed by atoms with Crippen LogP contribution in [0.4, 0.5) is 0 Å². The van der Waals surface area contributed by atoms with Gasteiger partial charge in [-0.2, -0.15) is 5.10 Å². The molecule has 2 heterocycles. The highest BCUT2D eigenvalue weighted by Crippen LogP contribution is 2.34. The number of hydrogen-bond donors (Lipinski definition) is 2. The number of nitrogens with one attached hydrogen (secondary N) is 1. The zero-order valence-corrected chi connectivity index (χ0v) is 19.4. The van der Waals surface area contributed by atoms with Crippen molar-refractivity contribution in [1.82, 2.24) is 24.6 Å². The largest absolute Gasteiger partial charge is 0.496 e. The monoisotopic (exact) mass is 461 g/mol. The second kappa shape index (κ2) is 8.83. The number of aromatic nitrogens is 4. The predicted molar refractivity (Wildman–Crippen MR) is 127 cm³/mol. The Morgan fingerprint density at radius 2 is 1.88 bits per heavy atom. The zero-order valence-electron chi connectivity index (χ0n) is 19.4. The standard InChI is InChI=1S/C25H27N5O4/c1-29-13-16(12-27-29)15-7-8-20-19(9-15)26-14-30(20)17-10-22(33-2)24(23(11-17)34-3)25(32)28-18-5-4-6-21(18)31/h7-14,18,21,31H,4-6H2,1-3H3,(H,28,32)/t18-,21-/m1/s1. The first-order valence-electron chi connectivity index (χ1n) is 11.2. The molecule has 0 unspecified atom stereocenters.